The summed E-state index contributed by atoms with van der Waals surface area (Å²) in [5, 5.41) is 0. The summed E-state index contributed by atoms with van der Waals surface area (Å²) in [6, 6.07) is 8.58. The Morgan fingerprint density at radius 2 is 1.83 bits per heavy atom. The zero-order valence-electron chi connectivity index (χ0n) is 14.4. The molecule has 2 atom stereocenters. The SMILES string of the molecule is C=C(C)c1ccc(CN(C)C(=O)N2C3CCC2CN(C=O)C3)cc1. The van der Waals surface area contributed by atoms with E-state index < -0.39 is 0 Å². The Morgan fingerprint density at radius 3 is 2.33 bits per heavy atom. The molecule has 2 bridgehead atoms. The van der Waals surface area contributed by atoms with Gasteiger partial charge in [0.1, 0.15) is 0 Å². The van der Waals surface area contributed by atoms with E-state index in [0.717, 1.165) is 36.0 Å². The molecule has 3 amide bonds. The molecule has 5 nitrogen and oxygen atoms in total. The molecule has 2 saturated heterocycles. The Balaban J connectivity index is 1.65. The van der Waals surface area contributed by atoms with E-state index in [9.17, 15) is 9.59 Å². The molecule has 2 heterocycles. The Labute approximate surface area is 143 Å². The molecule has 0 N–H and O–H groups in total. The Hall–Kier alpha value is -2.30. The third-order valence-electron chi connectivity index (χ3n) is 5.07. The summed E-state index contributed by atoms with van der Waals surface area (Å²) in [6.45, 7) is 7.83. The minimum atomic E-state index is 0.0667. The zero-order chi connectivity index (χ0) is 17.3. The highest BCUT2D eigenvalue weighted by Gasteiger charge is 2.43. The van der Waals surface area contributed by atoms with Crippen molar-refractivity contribution >= 4 is 18.0 Å². The van der Waals surface area contributed by atoms with Crippen LogP contribution in [0.3, 0.4) is 0 Å². The van der Waals surface area contributed by atoms with Gasteiger partial charge in [-0.1, -0.05) is 36.4 Å². The van der Waals surface area contributed by atoms with E-state index >= 15 is 0 Å². The van der Waals surface area contributed by atoms with Crippen LogP contribution in [0.4, 0.5) is 4.79 Å². The molecular formula is C19H25N3O2. The van der Waals surface area contributed by atoms with E-state index in [1.165, 1.54) is 0 Å². The van der Waals surface area contributed by atoms with Gasteiger partial charge in [-0.25, -0.2) is 4.79 Å². The molecule has 0 aliphatic carbocycles. The van der Waals surface area contributed by atoms with Crippen molar-refractivity contribution in [2.24, 2.45) is 0 Å². The van der Waals surface area contributed by atoms with Crippen LogP contribution in [0.15, 0.2) is 30.8 Å². The minimum Gasteiger partial charge on any atom is -0.341 e. The summed E-state index contributed by atoms with van der Waals surface area (Å²) in [4.78, 5) is 29.4. The van der Waals surface area contributed by atoms with Crippen LogP contribution in [-0.4, -0.2) is 59.4 Å². The molecule has 2 fully saturated rings. The minimum absolute atomic E-state index is 0.0667. The van der Waals surface area contributed by atoms with Gasteiger partial charge in [0.05, 0.1) is 12.1 Å². The number of carbonyl (C=O) groups is 2. The van der Waals surface area contributed by atoms with Crippen LogP contribution in [0.1, 0.15) is 30.9 Å². The van der Waals surface area contributed by atoms with Gasteiger partial charge in [-0.05, 0) is 30.9 Å². The van der Waals surface area contributed by atoms with Gasteiger partial charge < -0.3 is 14.7 Å². The van der Waals surface area contributed by atoms with E-state index in [2.05, 4.69) is 6.58 Å². The number of hydrogen-bond donors (Lipinski definition) is 0. The molecule has 2 unspecified atom stereocenters. The molecule has 0 spiro atoms. The van der Waals surface area contributed by atoms with Gasteiger partial charge in [0.25, 0.3) is 0 Å². The van der Waals surface area contributed by atoms with Crippen LogP contribution in [0.5, 0.6) is 0 Å². The number of hydrogen-bond acceptors (Lipinski definition) is 2. The molecule has 5 heteroatoms. The smallest absolute Gasteiger partial charge is 0.320 e. The van der Waals surface area contributed by atoms with Gasteiger partial charge in [0.2, 0.25) is 6.41 Å². The van der Waals surface area contributed by atoms with Crippen molar-refractivity contribution in [3.05, 3.63) is 42.0 Å². The number of benzene rings is 1. The number of urea groups is 1. The number of likely N-dealkylation sites (tertiary alicyclic amines) is 1. The average Bonchev–Trinajstić information content (AvgIpc) is 2.84. The first kappa shape index (κ1) is 16.6. The number of piperazine rings is 1. The van der Waals surface area contributed by atoms with Gasteiger partial charge in [0, 0.05) is 26.7 Å². The summed E-state index contributed by atoms with van der Waals surface area (Å²) in [7, 11) is 1.85. The molecule has 1 aromatic rings. The second-order valence-electron chi connectivity index (χ2n) is 6.97. The topological polar surface area (TPSA) is 43.9 Å². The lowest BCUT2D eigenvalue weighted by Crippen LogP contribution is -2.57. The molecule has 0 radical (unpaired) electrons. The zero-order valence-corrected chi connectivity index (χ0v) is 14.4. The summed E-state index contributed by atoms with van der Waals surface area (Å²) in [6.07, 6.45) is 2.88. The lowest BCUT2D eigenvalue weighted by molar-refractivity contribution is -0.120. The van der Waals surface area contributed by atoms with Crippen LogP contribution < -0.4 is 0 Å². The van der Waals surface area contributed by atoms with Crippen molar-refractivity contribution in [1.82, 2.24) is 14.7 Å². The van der Waals surface area contributed by atoms with Gasteiger partial charge in [-0.3, -0.25) is 4.79 Å². The molecule has 3 rings (SSSR count). The predicted octanol–water partition coefficient (Wildman–Crippen LogP) is 2.58. The van der Waals surface area contributed by atoms with Gasteiger partial charge >= 0.3 is 6.03 Å². The molecule has 24 heavy (non-hydrogen) atoms. The van der Waals surface area contributed by atoms with E-state index in [0.29, 0.717) is 19.6 Å². The maximum atomic E-state index is 12.9. The Kier molecular flexibility index (Phi) is 4.60. The van der Waals surface area contributed by atoms with E-state index in [4.69, 9.17) is 0 Å². The van der Waals surface area contributed by atoms with Crippen molar-refractivity contribution in [3.8, 4) is 0 Å². The van der Waals surface area contributed by atoms with Crippen LogP contribution >= 0.6 is 0 Å². The number of amides is 3. The first-order valence-corrected chi connectivity index (χ1v) is 8.47. The normalized spacial score (nSPS) is 22.4. The van der Waals surface area contributed by atoms with Crippen LogP contribution in [0, 0.1) is 0 Å². The maximum absolute atomic E-state index is 12.9. The third-order valence-corrected chi connectivity index (χ3v) is 5.07. The molecule has 1 aromatic carbocycles. The maximum Gasteiger partial charge on any atom is 0.320 e. The highest BCUT2D eigenvalue weighted by atomic mass is 16.2. The van der Waals surface area contributed by atoms with E-state index in [-0.39, 0.29) is 18.1 Å². The lowest BCUT2D eigenvalue weighted by atomic mass is 10.1. The van der Waals surface area contributed by atoms with Crippen molar-refractivity contribution in [2.75, 3.05) is 20.1 Å². The predicted molar refractivity (Wildman–Crippen MR) is 94.3 cm³/mol. The summed E-state index contributed by atoms with van der Waals surface area (Å²) < 4.78 is 0. The van der Waals surface area contributed by atoms with Crippen LogP contribution in [0.2, 0.25) is 0 Å². The van der Waals surface area contributed by atoms with Crippen LogP contribution in [-0.2, 0) is 11.3 Å². The second-order valence-corrected chi connectivity index (χ2v) is 6.97. The number of allylic oxidation sites excluding steroid dienone is 1. The fraction of sp³-hybridized carbons (Fsp3) is 0.474. The summed E-state index contributed by atoms with van der Waals surface area (Å²) in [5.41, 5.74) is 3.26. The Morgan fingerprint density at radius 1 is 1.25 bits per heavy atom. The van der Waals surface area contributed by atoms with E-state index in [1.807, 2.05) is 43.1 Å². The van der Waals surface area contributed by atoms with Gasteiger partial charge in [-0.2, -0.15) is 0 Å². The number of carbonyl (C=O) groups excluding carboxylic acids is 2. The fourth-order valence-corrected chi connectivity index (χ4v) is 3.77. The quantitative estimate of drug-likeness (QED) is 0.798. The van der Waals surface area contributed by atoms with Gasteiger partial charge in [-0.15, -0.1) is 0 Å². The second kappa shape index (κ2) is 6.67. The van der Waals surface area contributed by atoms with Gasteiger partial charge in [0.15, 0.2) is 0 Å². The van der Waals surface area contributed by atoms with Crippen molar-refractivity contribution in [3.63, 3.8) is 0 Å². The first-order valence-electron chi connectivity index (χ1n) is 8.47. The molecule has 2 aliphatic heterocycles. The first-order chi connectivity index (χ1) is 11.5. The number of rotatable bonds is 4. The van der Waals surface area contributed by atoms with Crippen LogP contribution in [0.25, 0.3) is 5.57 Å². The standard InChI is InChI=1S/C19H25N3O2/c1-14(2)16-6-4-15(5-7-16)10-20(3)19(24)22-17-8-9-18(22)12-21(11-17)13-23/h4-7,13,17-18H,1,8-12H2,2-3H3. The van der Waals surface area contributed by atoms with Crippen molar-refractivity contribution in [1.29, 1.82) is 0 Å². The molecule has 2 aliphatic rings. The third kappa shape index (κ3) is 3.16. The lowest BCUT2D eigenvalue weighted by Gasteiger charge is -2.41. The van der Waals surface area contributed by atoms with Crippen molar-refractivity contribution in [2.45, 2.75) is 38.4 Å². The molecule has 128 valence electrons. The number of fused-ring (bicyclic) bond motifs is 2. The largest absolute Gasteiger partial charge is 0.341 e. The summed E-state index contributed by atoms with van der Waals surface area (Å²) >= 11 is 0. The molecule has 0 aromatic heterocycles. The fourth-order valence-electron chi connectivity index (χ4n) is 3.77. The highest BCUT2D eigenvalue weighted by Crippen LogP contribution is 2.30. The monoisotopic (exact) mass is 327 g/mol. The highest BCUT2D eigenvalue weighted by molar-refractivity contribution is 5.76. The van der Waals surface area contributed by atoms with E-state index in [1.54, 1.807) is 9.80 Å². The molecular weight excluding hydrogens is 302 g/mol. The Bertz CT molecular complexity index is 627. The van der Waals surface area contributed by atoms with Crippen molar-refractivity contribution < 1.29 is 9.59 Å². The summed E-state index contributed by atoms with van der Waals surface area (Å²) in [5.74, 6) is 0. The average molecular weight is 327 g/mol. The number of nitrogens with zero attached hydrogens (tertiary/aromatic N) is 3. The molecule has 0 saturated carbocycles.